The van der Waals surface area contributed by atoms with Crippen molar-refractivity contribution in [1.29, 1.82) is 0 Å². The molecule has 104 valence electrons. The summed E-state index contributed by atoms with van der Waals surface area (Å²) in [6.07, 6.45) is 1.15. The molecule has 0 amide bonds. The number of rotatable bonds is 5. The Morgan fingerprint density at radius 3 is 2.75 bits per heavy atom. The highest BCUT2D eigenvalue weighted by molar-refractivity contribution is 5.39. The fourth-order valence-corrected chi connectivity index (χ4v) is 1.85. The van der Waals surface area contributed by atoms with Crippen molar-refractivity contribution in [3.05, 3.63) is 69.8 Å². The van der Waals surface area contributed by atoms with E-state index in [1.807, 2.05) is 6.92 Å². The zero-order valence-electron chi connectivity index (χ0n) is 10.9. The van der Waals surface area contributed by atoms with E-state index in [0.29, 0.717) is 17.8 Å². The average Bonchev–Trinajstić information content (AvgIpc) is 2.45. The van der Waals surface area contributed by atoms with Crippen LogP contribution in [0.5, 0.6) is 0 Å². The SMILES string of the molecule is CC(NCc1ccccc1[N+](=O)[O-])c1ccc(F)cn1. The third-order valence-electron chi connectivity index (χ3n) is 2.98. The van der Waals surface area contributed by atoms with Gasteiger partial charge >= 0.3 is 0 Å². The standard InChI is InChI=1S/C14H14FN3O2/c1-10(13-7-6-12(15)9-17-13)16-8-11-4-2-3-5-14(11)18(19)20/h2-7,9-10,16H,8H2,1H3. The molecule has 1 N–H and O–H groups in total. The monoisotopic (exact) mass is 275 g/mol. The molecule has 1 aromatic heterocycles. The van der Waals surface area contributed by atoms with Crippen LogP contribution in [0.25, 0.3) is 0 Å². The lowest BCUT2D eigenvalue weighted by Crippen LogP contribution is -2.19. The second-order valence-corrected chi connectivity index (χ2v) is 4.39. The molecule has 0 aliphatic carbocycles. The molecule has 0 fully saturated rings. The van der Waals surface area contributed by atoms with E-state index < -0.39 is 4.92 Å². The van der Waals surface area contributed by atoms with Gasteiger partial charge in [-0.2, -0.15) is 0 Å². The number of nitrogens with zero attached hydrogens (tertiary/aromatic N) is 2. The third-order valence-corrected chi connectivity index (χ3v) is 2.98. The van der Waals surface area contributed by atoms with Crippen molar-refractivity contribution in [3.8, 4) is 0 Å². The van der Waals surface area contributed by atoms with Gasteiger partial charge < -0.3 is 5.32 Å². The number of hydrogen-bond acceptors (Lipinski definition) is 4. The highest BCUT2D eigenvalue weighted by Gasteiger charge is 2.13. The minimum atomic E-state index is -0.405. The second-order valence-electron chi connectivity index (χ2n) is 4.39. The predicted octanol–water partition coefficient (Wildman–Crippen LogP) is 2.98. The van der Waals surface area contributed by atoms with Crippen LogP contribution < -0.4 is 5.32 Å². The Kier molecular flexibility index (Phi) is 4.37. The Labute approximate surface area is 115 Å². The van der Waals surface area contributed by atoms with E-state index in [1.165, 1.54) is 12.1 Å². The van der Waals surface area contributed by atoms with Crippen molar-refractivity contribution in [3.63, 3.8) is 0 Å². The minimum absolute atomic E-state index is 0.0827. The molecule has 5 nitrogen and oxygen atoms in total. The summed E-state index contributed by atoms with van der Waals surface area (Å²) in [6, 6.07) is 9.36. The molecule has 0 saturated heterocycles. The molecule has 0 radical (unpaired) electrons. The molecule has 0 saturated carbocycles. The van der Waals surface area contributed by atoms with Crippen molar-refractivity contribution in [2.45, 2.75) is 19.5 Å². The topological polar surface area (TPSA) is 68.1 Å². The minimum Gasteiger partial charge on any atom is -0.304 e. The van der Waals surface area contributed by atoms with Gasteiger partial charge in [-0.25, -0.2) is 4.39 Å². The van der Waals surface area contributed by atoms with Crippen LogP contribution in [0.1, 0.15) is 24.2 Å². The van der Waals surface area contributed by atoms with Crippen molar-refractivity contribution in [1.82, 2.24) is 10.3 Å². The summed E-state index contributed by atoms with van der Waals surface area (Å²) in [5, 5.41) is 14.0. The summed E-state index contributed by atoms with van der Waals surface area (Å²) >= 11 is 0. The van der Waals surface area contributed by atoms with Gasteiger partial charge in [0, 0.05) is 24.2 Å². The Morgan fingerprint density at radius 1 is 1.35 bits per heavy atom. The molecule has 20 heavy (non-hydrogen) atoms. The van der Waals surface area contributed by atoms with Crippen molar-refractivity contribution < 1.29 is 9.31 Å². The Bertz CT molecular complexity index is 602. The molecule has 6 heteroatoms. The molecule has 1 aromatic carbocycles. The van der Waals surface area contributed by atoms with E-state index in [-0.39, 0.29) is 17.5 Å². The molecular formula is C14H14FN3O2. The first-order valence-electron chi connectivity index (χ1n) is 6.15. The molecule has 1 heterocycles. The number of halogens is 1. The number of nitro groups is 1. The van der Waals surface area contributed by atoms with Crippen LogP contribution in [0.15, 0.2) is 42.6 Å². The quantitative estimate of drug-likeness (QED) is 0.672. The predicted molar refractivity (Wildman–Crippen MR) is 72.5 cm³/mol. The van der Waals surface area contributed by atoms with Gasteiger partial charge in [-0.15, -0.1) is 0 Å². The first-order chi connectivity index (χ1) is 9.58. The van der Waals surface area contributed by atoms with Crippen LogP contribution in [0.4, 0.5) is 10.1 Å². The van der Waals surface area contributed by atoms with Gasteiger partial charge in [-0.3, -0.25) is 15.1 Å². The van der Waals surface area contributed by atoms with Gasteiger partial charge in [0.05, 0.1) is 16.8 Å². The van der Waals surface area contributed by atoms with Crippen molar-refractivity contribution in [2.24, 2.45) is 0 Å². The lowest BCUT2D eigenvalue weighted by Gasteiger charge is -2.13. The number of nitrogens with one attached hydrogen (secondary N) is 1. The van der Waals surface area contributed by atoms with Gasteiger partial charge in [-0.05, 0) is 19.1 Å². The number of benzene rings is 1. The van der Waals surface area contributed by atoms with Gasteiger partial charge in [0.15, 0.2) is 0 Å². The summed E-state index contributed by atoms with van der Waals surface area (Å²) in [6.45, 7) is 2.21. The van der Waals surface area contributed by atoms with Crippen LogP contribution in [0.3, 0.4) is 0 Å². The van der Waals surface area contributed by atoms with Crippen molar-refractivity contribution >= 4 is 5.69 Å². The number of para-hydroxylation sites is 1. The Hall–Kier alpha value is -2.34. The smallest absolute Gasteiger partial charge is 0.273 e. The van der Waals surface area contributed by atoms with Gasteiger partial charge in [0.25, 0.3) is 5.69 Å². The fourth-order valence-electron chi connectivity index (χ4n) is 1.85. The van der Waals surface area contributed by atoms with Crippen LogP contribution in [-0.2, 0) is 6.54 Å². The highest BCUT2D eigenvalue weighted by Crippen LogP contribution is 2.18. The third kappa shape index (κ3) is 3.36. The molecule has 0 spiro atoms. The van der Waals surface area contributed by atoms with E-state index in [1.54, 1.807) is 24.3 Å². The molecule has 0 aliphatic heterocycles. The number of pyridine rings is 1. The van der Waals surface area contributed by atoms with Crippen LogP contribution >= 0.6 is 0 Å². The summed E-state index contributed by atoms with van der Waals surface area (Å²) in [5.74, 6) is -0.389. The Balaban J connectivity index is 2.05. The van der Waals surface area contributed by atoms with E-state index in [4.69, 9.17) is 0 Å². The second kappa shape index (κ2) is 6.21. The van der Waals surface area contributed by atoms with Gasteiger partial charge in [0.2, 0.25) is 0 Å². The van der Waals surface area contributed by atoms with Crippen LogP contribution in [-0.4, -0.2) is 9.91 Å². The maximum absolute atomic E-state index is 12.8. The summed E-state index contributed by atoms with van der Waals surface area (Å²) in [5.41, 5.74) is 1.37. The summed E-state index contributed by atoms with van der Waals surface area (Å²) < 4.78 is 12.8. The van der Waals surface area contributed by atoms with E-state index in [0.717, 1.165) is 6.20 Å². The number of nitro benzene ring substituents is 1. The van der Waals surface area contributed by atoms with Gasteiger partial charge in [0.1, 0.15) is 5.82 Å². The van der Waals surface area contributed by atoms with E-state index in [2.05, 4.69) is 10.3 Å². The zero-order valence-corrected chi connectivity index (χ0v) is 10.9. The zero-order chi connectivity index (χ0) is 14.5. The van der Waals surface area contributed by atoms with E-state index in [9.17, 15) is 14.5 Å². The lowest BCUT2D eigenvalue weighted by molar-refractivity contribution is -0.385. The van der Waals surface area contributed by atoms with Crippen LogP contribution in [0, 0.1) is 15.9 Å². The highest BCUT2D eigenvalue weighted by atomic mass is 19.1. The first kappa shape index (κ1) is 14.1. The molecule has 2 rings (SSSR count). The maximum Gasteiger partial charge on any atom is 0.273 e. The normalized spacial score (nSPS) is 12.1. The summed E-state index contributed by atoms with van der Waals surface area (Å²) in [4.78, 5) is 14.5. The molecule has 0 aliphatic rings. The first-order valence-corrected chi connectivity index (χ1v) is 6.15. The van der Waals surface area contributed by atoms with Gasteiger partial charge in [-0.1, -0.05) is 18.2 Å². The Morgan fingerprint density at radius 2 is 2.10 bits per heavy atom. The molecule has 0 bridgehead atoms. The molecule has 1 atom stereocenters. The van der Waals surface area contributed by atoms with Crippen molar-refractivity contribution in [2.75, 3.05) is 0 Å². The molecule has 2 aromatic rings. The lowest BCUT2D eigenvalue weighted by atomic mass is 10.1. The molecular weight excluding hydrogens is 261 g/mol. The maximum atomic E-state index is 12.8. The average molecular weight is 275 g/mol. The van der Waals surface area contributed by atoms with E-state index >= 15 is 0 Å². The largest absolute Gasteiger partial charge is 0.304 e. The summed E-state index contributed by atoms with van der Waals surface area (Å²) in [7, 11) is 0. The number of aromatic nitrogens is 1. The van der Waals surface area contributed by atoms with Crippen LogP contribution in [0.2, 0.25) is 0 Å². The number of hydrogen-bond donors (Lipinski definition) is 1. The fraction of sp³-hybridized carbons (Fsp3) is 0.214. The molecule has 1 unspecified atom stereocenters.